The zero-order chi connectivity index (χ0) is 14.0. The monoisotopic (exact) mass is 265 g/mol. The van der Waals surface area contributed by atoms with Crippen molar-refractivity contribution in [2.75, 3.05) is 13.1 Å². The lowest BCUT2D eigenvalue weighted by atomic mass is 9.89. The average molecular weight is 265 g/mol. The second-order valence-electron chi connectivity index (χ2n) is 4.95. The predicted octanol–water partition coefficient (Wildman–Crippen LogP) is 2.71. The van der Waals surface area contributed by atoms with E-state index in [1.807, 2.05) is 0 Å². The van der Waals surface area contributed by atoms with E-state index in [9.17, 15) is 14.0 Å². The van der Waals surface area contributed by atoms with Crippen molar-refractivity contribution < 1.29 is 19.1 Å². The zero-order valence-electron chi connectivity index (χ0n) is 10.7. The number of carbonyl (C=O) groups excluding carboxylic acids is 1. The fourth-order valence-corrected chi connectivity index (χ4v) is 2.48. The highest BCUT2D eigenvalue weighted by Crippen LogP contribution is 2.22. The van der Waals surface area contributed by atoms with Crippen LogP contribution in [0.5, 0.6) is 0 Å². The molecule has 1 amide bonds. The largest absolute Gasteiger partial charge is 0.465 e. The van der Waals surface area contributed by atoms with Gasteiger partial charge in [-0.25, -0.2) is 9.18 Å². The summed E-state index contributed by atoms with van der Waals surface area (Å²) in [6.07, 6.45) is 0.308. The minimum Gasteiger partial charge on any atom is -0.465 e. The van der Waals surface area contributed by atoms with Crippen molar-refractivity contribution >= 4 is 11.9 Å². The number of aryl methyl sites for hydroxylation is 1. The first-order chi connectivity index (χ1) is 8.97. The Morgan fingerprint density at radius 2 is 2.11 bits per heavy atom. The van der Waals surface area contributed by atoms with Crippen molar-refractivity contribution in [1.82, 2.24) is 4.90 Å². The molecule has 1 heterocycles. The molecule has 0 bridgehead atoms. The van der Waals surface area contributed by atoms with Crippen LogP contribution in [-0.2, 0) is 0 Å². The lowest BCUT2D eigenvalue weighted by molar-refractivity contribution is 0.0806. The number of hydrogen-bond donors (Lipinski definition) is 1. The molecule has 1 unspecified atom stereocenters. The first-order valence-electron chi connectivity index (χ1n) is 6.26. The summed E-state index contributed by atoms with van der Waals surface area (Å²) >= 11 is 0. The summed E-state index contributed by atoms with van der Waals surface area (Å²) in [4.78, 5) is 24.5. The number of rotatable bonds is 2. The van der Waals surface area contributed by atoms with Gasteiger partial charge in [-0.05, 0) is 43.5 Å². The number of ketones is 1. The zero-order valence-corrected chi connectivity index (χ0v) is 10.7. The molecule has 0 aliphatic carbocycles. The van der Waals surface area contributed by atoms with Gasteiger partial charge >= 0.3 is 6.09 Å². The van der Waals surface area contributed by atoms with E-state index in [0.717, 1.165) is 0 Å². The lowest BCUT2D eigenvalue weighted by Crippen LogP contribution is -2.41. The van der Waals surface area contributed by atoms with Gasteiger partial charge in [0.2, 0.25) is 0 Å². The van der Waals surface area contributed by atoms with Gasteiger partial charge in [-0.1, -0.05) is 0 Å². The Balaban J connectivity index is 2.16. The Morgan fingerprint density at radius 3 is 2.74 bits per heavy atom. The topological polar surface area (TPSA) is 57.6 Å². The maximum atomic E-state index is 13.3. The molecule has 0 radical (unpaired) electrons. The average Bonchev–Trinajstić information content (AvgIpc) is 2.37. The first-order valence-corrected chi connectivity index (χ1v) is 6.26. The van der Waals surface area contributed by atoms with Crippen LogP contribution in [0.2, 0.25) is 0 Å². The maximum absolute atomic E-state index is 13.3. The Bertz CT molecular complexity index is 495. The summed E-state index contributed by atoms with van der Waals surface area (Å²) < 4.78 is 13.3. The van der Waals surface area contributed by atoms with Gasteiger partial charge in [0.15, 0.2) is 5.78 Å². The fourth-order valence-electron chi connectivity index (χ4n) is 2.48. The molecule has 102 valence electrons. The van der Waals surface area contributed by atoms with Gasteiger partial charge in [-0.2, -0.15) is 0 Å². The normalized spacial score (nSPS) is 19.3. The van der Waals surface area contributed by atoms with E-state index >= 15 is 0 Å². The van der Waals surface area contributed by atoms with Crippen LogP contribution in [0, 0.1) is 18.7 Å². The molecule has 1 aromatic carbocycles. The van der Waals surface area contributed by atoms with Gasteiger partial charge in [0.25, 0.3) is 0 Å². The standard InChI is InChI=1S/C14H16FNO3/c1-9-5-11(7-12(15)6-9)13(17)10-3-2-4-16(8-10)14(18)19/h5-7,10H,2-4,8H2,1H3,(H,18,19). The second-order valence-corrected chi connectivity index (χ2v) is 4.95. The molecule has 1 saturated heterocycles. The highest BCUT2D eigenvalue weighted by molar-refractivity contribution is 5.98. The Kier molecular flexibility index (Phi) is 3.83. The van der Waals surface area contributed by atoms with Crippen LogP contribution in [0.1, 0.15) is 28.8 Å². The summed E-state index contributed by atoms with van der Waals surface area (Å²) in [7, 11) is 0. The number of nitrogens with zero attached hydrogens (tertiary/aromatic N) is 1. The molecule has 1 aliphatic rings. The number of likely N-dealkylation sites (tertiary alicyclic amines) is 1. The van der Waals surface area contributed by atoms with Gasteiger partial charge in [0, 0.05) is 24.6 Å². The van der Waals surface area contributed by atoms with Crippen LogP contribution >= 0.6 is 0 Å². The Labute approximate surface area is 110 Å². The van der Waals surface area contributed by atoms with E-state index in [2.05, 4.69) is 0 Å². The van der Waals surface area contributed by atoms with Crippen molar-refractivity contribution in [3.8, 4) is 0 Å². The SMILES string of the molecule is Cc1cc(F)cc(C(=O)C2CCCN(C(=O)O)C2)c1. The number of amides is 1. The molecule has 0 spiro atoms. The molecule has 5 heteroatoms. The summed E-state index contributed by atoms with van der Waals surface area (Å²) in [5.41, 5.74) is 1.02. The highest BCUT2D eigenvalue weighted by Gasteiger charge is 2.29. The van der Waals surface area contributed by atoms with Gasteiger partial charge in [0.1, 0.15) is 5.82 Å². The third-order valence-electron chi connectivity index (χ3n) is 3.39. The van der Waals surface area contributed by atoms with Gasteiger partial charge in [-0.15, -0.1) is 0 Å². The van der Waals surface area contributed by atoms with Gasteiger partial charge < -0.3 is 10.0 Å². The third kappa shape index (κ3) is 3.10. The van der Waals surface area contributed by atoms with Crippen LogP contribution in [0.3, 0.4) is 0 Å². The van der Waals surface area contributed by atoms with Crippen LogP contribution in [0.25, 0.3) is 0 Å². The predicted molar refractivity (Wildman–Crippen MR) is 67.8 cm³/mol. The molecule has 19 heavy (non-hydrogen) atoms. The molecule has 4 nitrogen and oxygen atoms in total. The van der Waals surface area contributed by atoms with Crippen molar-refractivity contribution in [3.63, 3.8) is 0 Å². The summed E-state index contributed by atoms with van der Waals surface area (Å²) in [5.74, 6) is -0.978. The van der Waals surface area contributed by atoms with Gasteiger partial charge in [-0.3, -0.25) is 4.79 Å². The summed E-state index contributed by atoms with van der Waals surface area (Å²) in [6.45, 7) is 2.38. The minimum absolute atomic E-state index is 0.173. The molecular formula is C14H16FNO3. The van der Waals surface area contributed by atoms with E-state index in [0.29, 0.717) is 30.5 Å². The number of Topliss-reactive ketones (excluding diaryl/α,β-unsaturated/α-hetero) is 1. The molecular weight excluding hydrogens is 249 g/mol. The lowest BCUT2D eigenvalue weighted by Gasteiger charge is -2.29. The fraction of sp³-hybridized carbons (Fsp3) is 0.429. The van der Waals surface area contributed by atoms with E-state index in [1.165, 1.54) is 17.0 Å². The van der Waals surface area contributed by atoms with Crippen molar-refractivity contribution in [2.24, 2.45) is 5.92 Å². The summed E-state index contributed by atoms with van der Waals surface area (Å²) in [6, 6.07) is 4.22. The maximum Gasteiger partial charge on any atom is 0.407 e. The number of halogens is 1. The molecule has 1 fully saturated rings. The van der Waals surface area contributed by atoms with Crippen molar-refractivity contribution in [2.45, 2.75) is 19.8 Å². The van der Waals surface area contributed by atoms with E-state index < -0.39 is 11.9 Å². The molecule has 1 atom stereocenters. The molecule has 1 aromatic rings. The molecule has 1 N–H and O–H groups in total. The number of carbonyl (C=O) groups is 2. The molecule has 2 rings (SSSR count). The minimum atomic E-state index is -1.01. The van der Waals surface area contributed by atoms with Crippen LogP contribution in [0.15, 0.2) is 18.2 Å². The Hall–Kier alpha value is -1.91. The molecule has 1 aliphatic heterocycles. The quantitative estimate of drug-likeness (QED) is 0.836. The third-order valence-corrected chi connectivity index (χ3v) is 3.39. The van der Waals surface area contributed by atoms with Gasteiger partial charge in [0.05, 0.1) is 0 Å². The van der Waals surface area contributed by atoms with Crippen LogP contribution in [-0.4, -0.2) is 35.0 Å². The Morgan fingerprint density at radius 1 is 1.37 bits per heavy atom. The number of hydrogen-bond acceptors (Lipinski definition) is 2. The van der Waals surface area contributed by atoms with Crippen LogP contribution < -0.4 is 0 Å². The van der Waals surface area contributed by atoms with Crippen molar-refractivity contribution in [3.05, 3.63) is 35.1 Å². The number of piperidine rings is 1. The van der Waals surface area contributed by atoms with E-state index in [-0.39, 0.29) is 18.2 Å². The number of carboxylic acid groups (broad SMARTS) is 1. The summed E-state index contributed by atoms with van der Waals surface area (Å²) in [5, 5.41) is 8.95. The molecule has 0 saturated carbocycles. The van der Waals surface area contributed by atoms with E-state index in [1.54, 1.807) is 13.0 Å². The van der Waals surface area contributed by atoms with E-state index in [4.69, 9.17) is 5.11 Å². The smallest absolute Gasteiger partial charge is 0.407 e. The highest BCUT2D eigenvalue weighted by atomic mass is 19.1. The van der Waals surface area contributed by atoms with Crippen molar-refractivity contribution in [1.29, 1.82) is 0 Å². The second kappa shape index (κ2) is 5.38. The first kappa shape index (κ1) is 13.5. The van der Waals surface area contributed by atoms with Crippen LogP contribution in [0.4, 0.5) is 9.18 Å². The molecule has 0 aromatic heterocycles. The number of benzene rings is 1.